The predicted molar refractivity (Wildman–Crippen MR) is 57.3 cm³/mol. The summed E-state index contributed by atoms with van der Waals surface area (Å²) < 4.78 is 4.83. The molecular weight excluding hydrogens is 232 g/mol. The van der Waals surface area contributed by atoms with Crippen molar-refractivity contribution in [1.29, 1.82) is 0 Å². The standard InChI is InChI=1S/C9H12N2O4S/c1-6-5-16-7(11-6)4-15-9(14)10-3-2-8(12)13/h5H,2-4H2,1H3,(H,10,14)(H,12,13). The number of carboxylic acid groups (broad SMARTS) is 1. The minimum Gasteiger partial charge on any atom is -0.481 e. The molecule has 0 aromatic carbocycles. The van der Waals surface area contributed by atoms with Crippen LogP contribution in [-0.2, 0) is 16.1 Å². The van der Waals surface area contributed by atoms with E-state index in [1.165, 1.54) is 11.3 Å². The fourth-order valence-electron chi connectivity index (χ4n) is 0.919. The highest BCUT2D eigenvalue weighted by Crippen LogP contribution is 2.09. The Morgan fingerprint density at radius 3 is 2.94 bits per heavy atom. The van der Waals surface area contributed by atoms with Crippen LogP contribution in [0.15, 0.2) is 5.38 Å². The zero-order chi connectivity index (χ0) is 12.0. The molecular formula is C9H12N2O4S. The van der Waals surface area contributed by atoms with E-state index in [0.29, 0.717) is 5.01 Å². The van der Waals surface area contributed by atoms with E-state index in [1.807, 2.05) is 12.3 Å². The number of aliphatic carboxylic acids is 1. The number of carbonyl (C=O) groups excluding carboxylic acids is 1. The Bertz CT molecular complexity index is 377. The Morgan fingerprint density at radius 2 is 2.38 bits per heavy atom. The number of amides is 1. The molecule has 0 radical (unpaired) electrons. The molecule has 0 atom stereocenters. The quantitative estimate of drug-likeness (QED) is 0.811. The molecule has 1 rings (SSSR count). The van der Waals surface area contributed by atoms with Gasteiger partial charge in [0, 0.05) is 17.6 Å². The summed E-state index contributed by atoms with van der Waals surface area (Å²) in [6.45, 7) is 2.02. The normalized spacial score (nSPS) is 9.81. The van der Waals surface area contributed by atoms with Gasteiger partial charge in [-0.25, -0.2) is 9.78 Å². The number of rotatable bonds is 5. The van der Waals surface area contributed by atoms with Crippen molar-refractivity contribution in [2.45, 2.75) is 20.0 Å². The summed E-state index contributed by atoms with van der Waals surface area (Å²) in [6.07, 6.45) is -0.750. The number of aryl methyl sites for hydroxylation is 1. The van der Waals surface area contributed by atoms with Gasteiger partial charge in [-0.2, -0.15) is 0 Å². The molecule has 1 amide bonds. The summed E-state index contributed by atoms with van der Waals surface area (Å²) in [6, 6.07) is 0. The van der Waals surface area contributed by atoms with Crippen LogP contribution in [0.25, 0.3) is 0 Å². The van der Waals surface area contributed by atoms with E-state index < -0.39 is 12.1 Å². The van der Waals surface area contributed by atoms with Gasteiger partial charge in [-0.15, -0.1) is 11.3 Å². The number of aromatic nitrogens is 1. The van der Waals surface area contributed by atoms with E-state index in [0.717, 1.165) is 5.69 Å². The van der Waals surface area contributed by atoms with Crippen LogP contribution < -0.4 is 5.32 Å². The molecule has 0 fully saturated rings. The maximum Gasteiger partial charge on any atom is 0.407 e. The Labute approximate surface area is 96.3 Å². The molecule has 2 N–H and O–H groups in total. The van der Waals surface area contributed by atoms with Crippen molar-refractivity contribution >= 4 is 23.4 Å². The third-order valence-corrected chi connectivity index (χ3v) is 2.54. The molecule has 1 aromatic heterocycles. The average molecular weight is 244 g/mol. The largest absolute Gasteiger partial charge is 0.481 e. The molecule has 1 heterocycles. The van der Waals surface area contributed by atoms with Crippen LogP contribution in [0.4, 0.5) is 4.79 Å². The monoisotopic (exact) mass is 244 g/mol. The highest BCUT2D eigenvalue weighted by Gasteiger charge is 2.05. The van der Waals surface area contributed by atoms with Gasteiger partial charge in [-0.05, 0) is 6.92 Å². The van der Waals surface area contributed by atoms with Crippen molar-refractivity contribution in [2.24, 2.45) is 0 Å². The van der Waals surface area contributed by atoms with Crippen LogP contribution in [-0.4, -0.2) is 28.7 Å². The number of carbonyl (C=O) groups is 2. The van der Waals surface area contributed by atoms with Crippen molar-refractivity contribution in [2.75, 3.05) is 6.54 Å². The summed E-state index contributed by atoms with van der Waals surface area (Å²) in [5.41, 5.74) is 0.884. The molecule has 7 heteroatoms. The first-order chi connectivity index (χ1) is 7.58. The second-order valence-corrected chi connectivity index (χ2v) is 3.97. The highest BCUT2D eigenvalue weighted by atomic mass is 32.1. The number of alkyl carbamates (subject to hydrolysis) is 1. The van der Waals surface area contributed by atoms with Gasteiger partial charge in [0.15, 0.2) is 0 Å². The first kappa shape index (κ1) is 12.4. The zero-order valence-corrected chi connectivity index (χ0v) is 9.54. The van der Waals surface area contributed by atoms with Crippen LogP contribution in [0, 0.1) is 6.92 Å². The van der Waals surface area contributed by atoms with E-state index in [1.54, 1.807) is 0 Å². The Hall–Kier alpha value is -1.63. The fraction of sp³-hybridized carbons (Fsp3) is 0.444. The fourth-order valence-corrected chi connectivity index (χ4v) is 1.60. The Kier molecular flexibility index (Phi) is 4.71. The van der Waals surface area contributed by atoms with Gasteiger partial charge in [0.1, 0.15) is 11.6 Å². The van der Waals surface area contributed by atoms with E-state index in [4.69, 9.17) is 9.84 Å². The van der Waals surface area contributed by atoms with Crippen LogP contribution in [0.2, 0.25) is 0 Å². The van der Waals surface area contributed by atoms with Gasteiger partial charge in [-0.1, -0.05) is 0 Å². The number of ether oxygens (including phenoxy) is 1. The molecule has 0 unspecified atom stereocenters. The molecule has 1 aromatic rings. The second-order valence-electron chi connectivity index (χ2n) is 3.03. The van der Waals surface area contributed by atoms with Crippen LogP contribution in [0.1, 0.15) is 17.1 Å². The Morgan fingerprint density at radius 1 is 1.62 bits per heavy atom. The zero-order valence-electron chi connectivity index (χ0n) is 8.73. The topological polar surface area (TPSA) is 88.5 Å². The van der Waals surface area contributed by atoms with Crippen molar-refractivity contribution in [1.82, 2.24) is 10.3 Å². The molecule has 0 aliphatic heterocycles. The van der Waals surface area contributed by atoms with Gasteiger partial charge < -0.3 is 15.2 Å². The molecule has 0 saturated carbocycles. The van der Waals surface area contributed by atoms with E-state index in [9.17, 15) is 9.59 Å². The summed E-state index contributed by atoms with van der Waals surface area (Å²) in [5.74, 6) is -0.962. The summed E-state index contributed by atoms with van der Waals surface area (Å²) >= 11 is 1.41. The molecule has 6 nitrogen and oxygen atoms in total. The molecule has 88 valence electrons. The minimum atomic E-state index is -0.962. The first-order valence-corrected chi connectivity index (χ1v) is 5.49. The average Bonchev–Trinajstić information content (AvgIpc) is 2.61. The molecule has 0 saturated heterocycles. The van der Waals surface area contributed by atoms with E-state index in [-0.39, 0.29) is 19.6 Å². The molecule has 16 heavy (non-hydrogen) atoms. The van der Waals surface area contributed by atoms with Crippen LogP contribution in [0.3, 0.4) is 0 Å². The van der Waals surface area contributed by atoms with E-state index >= 15 is 0 Å². The molecule has 0 spiro atoms. The van der Waals surface area contributed by atoms with Gasteiger partial charge in [0.2, 0.25) is 0 Å². The maximum absolute atomic E-state index is 11.1. The maximum atomic E-state index is 11.1. The number of hydrogen-bond donors (Lipinski definition) is 2. The lowest BCUT2D eigenvalue weighted by Crippen LogP contribution is -2.26. The third kappa shape index (κ3) is 4.74. The van der Waals surface area contributed by atoms with Gasteiger partial charge in [0.05, 0.1) is 6.42 Å². The molecule has 0 aliphatic rings. The number of nitrogens with one attached hydrogen (secondary N) is 1. The lowest BCUT2D eigenvalue weighted by molar-refractivity contribution is -0.136. The minimum absolute atomic E-state index is 0.0606. The smallest absolute Gasteiger partial charge is 0.407 e. The second kappa shape index (κ2) is 6.06. The summed E-state index contributed by atoms with van der Waals surface area (Å²) in [4.78, 5) is 25.3. The lowest BCUT2D eigenvalue weighted by Gasteiger charge is -2.03. The third-order valence-electron chi connectivity index (χ3n) is 1.60. The van der Waals surface area contributed by atoms with Crippen LogP contribution >= 0.6 is 11.3 Å². The van der Waals surface area contributed by atoms with Crippen molar-refractivity contribution in [3.63, 3.8) is 0 Å². The van der Waals surface area contributed by atoms with Crippen molar-refractivity contribution in [3.05, 3.63) is 16.1 Å². The molecule has 0 bridgehead atoms. The lowest BCUT2D eigenvalue weighted by atomic mass is 10.4. The summed E-state index contributed by atoms with van der Waals surface area (Å²) in [5, 5.41) is 13.2. The molecule has 0 aliphatic carbocycles. The number of nitrogens with zero attached hydrogens (tertiary/aromatic N) is 1. The van der Waals surface area contributed by atoms with Gasteiger partial charge >= 0.3 is 12.1 Å². The van der Waals surface area contributed by atoms with E-state index in [2.05, 4.69) is 10.3 Å². The van der Waals surface area contributed by atoms with Gasteiger partial charge in [0.25, 0.3) is 0 Å². The number of thiazole rings is 1. The SMILES string of the molecule is Cc1csc(COC(=O)NCCC(=O)O)n1. The summed E-state index contributed by atoms with van der Waals surface area (Å²) in [7, 11) is 0. The number of carboxylic acids is 1. The van der Waals surface area contributed by atoms with Crippen LogP contribution in [0.5, 0.6) is 0 Å². The predicted octanol–water partition coefficient (Wildman–Crippen LogP) is 1.15. The number of hydrogen-bond acceptors (Lipinski definition) is 5. The highest BCUT2D eigenvalue weighted by molar-refractivity contribution is 7.09. The van der Waals surface area contributed by atoms with Crippen molar-refractivity contribution in [3.8, 4) is 0 Å². The first-order valence-electron chi connectivity index (χ1n) is 4.61. The van der Waals surface area contributed by atoms with Crippen molar-refractivity contribution < 1.29 is 19.4 Å². The Balaban J connectivity index is 2.17. The van der Waals surface area contributed by atoms with Gasteiger partial charge in [-0.3, -0.25) is 4.79 Å².